The number of aryl methyl sites for hydroxylation is 2. The fourth-order valence-electron chi connectivity index (χ4n) is 2.46. The van der Waals surface area contributed by atoms with Gasteiger partial charge in [0.2, 0.25) is 0 Å². The molecule has 0 N–H and O–H groups in total. The number of hydrogen-bond donors (Lipinski definition) is 0. The predicted molar refractivity (Wildman–Crippen MR) is 105 cm³/mol. The van der Waals surface area contributed by atoms with Gasteiger partial charge in [0.05, 0.1) is 10.7 Å². The number of rotatable bonds is 5. The van der Waals surface area contributed by atoms with E-state index in [1.165, 1.54) is 23.3 Å². The lowest BCUT2D eigenvalue weighted by atomic mass is 10.1. The quantitative estimate of drug-likeness (QED) is 0.476. The van der Waals surface area contributed by atoms with Crippen LogP contribution in [0.3, 0.4) is 0 Å². The molecule has 0 heterocycles. The topological polar surface area (TPSA) is 21.6 Å². The minimum absolute atomic E-state index is 0.257. The maximum Gasteiger partial charge on any atom is 0.138 e. The highest BCUT2D eigenvalue weighted by Gasteiger charge is 2.04. The summed E-state index contributed by atoms with van der Waals surface area (Å²) >= 11 is 6.29. The SMILES string of the molecule is Cc1ccc(N=Cc2ccc(OCc3cccc(F)c3)c(Cl)c2)cc1C. The zero-order chi connectivity index (χ0) is 18.5. The zero-order valence-corrected chi connectivity index (χ0v) is 15.4. The van der Waals surface area contributed by atoms with Crippen molar-refractivity contribution in [2.75, 3.05) is 0 Å². The van der Waals surface area contributed by atoms with Crippen LogP contribution in [0.5, 0.6) is 5.75 Å². The molecule has 0 bridgehead atoms. The van der Waals surface area contributed by atoms with E-state index in [9.17, 15) is 4.39 Å². The Balaban J connectivity index is 1.68. The Kier molecular flexibility index (Phi) is 5.69. The Morgan fingerprint density at radius 1 is 1.00 bits per heavy atom. The van der Waals surface area contributed by atoms with Crippen LogP contribution >= 0.6 is 11.6 Å². The van der Waals surface area contributed by atoms with Crippen molar-refractivity contribution in [3.63, 3.8) is 0 Å². The molecule has 0 saturated heterocycles. The van der Waals surface area contributed by atoms with Gasteiger partial charge >= 0.3 is 0 Å². The molecule has 0 aliphatic heterocycles. The summed E-state index contributed by atoms with van der Waals surface area (Å²) < 4.78 is 18.9. The van der Waals surface area contributed by atoms with Gasteiger partial charge in [-0.05, 0) is 78.6 Å². The molecular weight excluding hydrogens is 349 g/mol. The Hall–Kier alpha value is -2.65. The molecule has 132 valence electrons. The van der Waals surface area contributed by atoms with Crippen LogP contribution in [0, 0.1) is 19.7 Å². The highest BCUT2D eigenvalue weighted by atomic mass is 35.5. The van der Waals surface area contributed by atoms with E-state index in [0.717, 1.165) is 16.8 Å². The molecule has 0 fully saturated rings. The maximum absolute atomic E-state index is 13.2. The predicted octanol–water partition coefficient (Wildman–Crippen LogP) is 6.43. The molecule has 4 heteroatoms. The number of halogens is 2. The summed E-state index contributed by atoms with van der Waals surface area (Å²) in [6.45, 7) is 4.40. The van der Waals surface area contributed by atoms with Gasteiger partial charge < -0.3 is 4.74 Å². The molecule has 0 atom stereocenters. The molecule has 0 amide bonds. The van der Waals surface area contributed by atoms with Crippen LogP contribution in [0.15, 0.2) is 65.7 Å². The fourth-order valence-corrected chi connectivity index (χ4v) is 2.70. The van der Waals surface area contributed by atoms with E-state index in [-0.39, 0.29) is 12.4 Å². The molecule has 0 radical (unpaired) electrons. The molecule has 0 saturated carbocycles. The van der Waals surface area contributed by atoms with E-state index in [1.807, 2.05) is 24.3 Å². The van der Waals surface area contributed by atoms with Gasteiger partial charge in [0, 0.05) is 6.21 Å². The van der Waals surface area contributed by atoms with Crippen LogP contribution in [0.2, 0.25) is 5.02 Å². The number of nitrogens with zero attached hydrogens (tertiary/aromatic N) is 1. The van der Waals surface area contributed by atoms with Crippen LogP contribution in [0.1, 0.15) is 22.3 Å². The molecular formula is C22H19ClFNO. The lowest BCUT2D eigenvalue weighted by molar-refractivity contribution is 0.306. The minimum atomic E-state index is -0.282. The highest BCUT2D eigenvalue weighted by molar-refractivity contribution is 6.32. The Labute approximate surface area is 157 Å². The van der Waals surface area contributed by atoms with Crippen molar-refractivity contribution < 1.29 is 9.13 Å². The Morgan fingerprint density at radius 2 is 1.85 bits per heavy atom. The second kappa shape index (κ2) is 8.15. The van der Waals surface area contributed by atoms with Gasteiger partial charge in [0.15, 0.2) is 0 Å². The van der Waals surface area contributed by atoms with Crippen molar-refractivity contribution in [2.24, 2.45) is 4.99 Å². The molecule has 0 aromatic heterocycles. The van der Waals surface area contributed by atoms with Crippen molar-refractivity contribution in [2.45, 2.75) is 20.5 Å². The zero-order valence-electron chi connectivity index (χ0n) is 14.7. The Bertz CT molecular complexity index is 953. The molecule has 0 aliphatic rings. The lowest BCUT2D eigenvalue weighted by Gasteiger charge is -2.09. The van der Waals surface area contributed by atoms with E-state index < -0.39 is 0 Å². The van der Waals surface area contributed by atoms with E-state index in [1.54, 1.807) is 24.4 Å². The molecule has 0 unspecified atom stereocenters. The number of aliphatic imine (C=N–C) groups is 1. The van der Waals surface area contributed by atoms with Gasteiger partial charge in [-0.1, -0.05) is 29.8 Å². The summed E-state index contributed by atoms with van der Waals surface area (Å²) in [5, 5.41) is 0.491. The lowest BCUT2D eigenvalue weighted by Crippen LogP contribution is -1.97. The van der Waals surface area contributed by atoms with Crippen molar-refractivity contribution >= 4 is 23.5 Å². The molecule has 0 spiro atoms. The largest absolute Gasteiger partial charge is 0.487 e. The maximum atomic E-state index is 13.2. The van der Waals surface area contributed by atoms with Crippen molar-refractivity contribution in [1.82, 2.24) is 0 Å². The summed E-state index contributed by atoms with van der Waals surface area (Å²) in [7, 11) is 0. The summed E-state index contributed by atoms with van der Waals surface area (Å²) in [6.07, 6.45) is 1.77. The standard InChI is InChI=1S/C22H19ClFNO/c1-15-6-8-20(10-16(15)2)25-13-17-7-9-22(21(23)12-17)26-14-18-4-3-5-19(24)11-18/h3-13H,14H2,1-2H3. The summed E-state index contributed by atoms with van der Waals surface area (Å²) in [6, 6.07) is 17.9. The highest BCUT2D eigenvalue weighted by Crippen LogP contribution is 2.26. The minimum Gasteiger partial charge on any atom is -0.487 e. The molecule has 2 nitrogen and oxygen atoms in total. The third-order valence-electron chi connectivity index (χ3n) is 4.09. The van der Waals surface area contributed by atoms with Crippen molar-refractivity contribution in [3.05, 3.63) is 93.8 Å². The second-order valence-electron chi connectivity index (χ2n) is 6.14. The van der Waals surface area contributed by atoms with Crippen LogP contribution in [-0.4, -0.2) is 6.21 Å². The smallest absolute Gasteiger partial charge is 0.138 e. The first-order valence-corrected chi connectivity index (χ1v) is 8.67. The number of ether oxygens (including phenoxy) is 1. The summed E-state index contributed by atoms with van der Waals surface area (Å²) in [5.74, 6) is 0.273. The van der Waals surface area contributed by atoms with Crippen molar-refractivity contribution in [1.29, 1.82) is 0 Å². The van der Waals surface area contributed by atoms with Gasteiger partial charge in [0.1, 0.15) is 18.2 Å². The molecule has 3 aromatic rings. The number of hydrogen-bond acceptors (Lipinski definition) is 2. The van der Waals surface area contributed by atoms with Gasteiger partial charge in [-0.25, -0.2) is 4.39 Å². The van der Waals surface area contributed by atoms with E-state index in [0.29, 0.717) is 10.8 Å². The average molecular weight is 368 g/mol. The van der Waals surface area contributed by atoms with E-state index in [2.05, 4.69) is 24.9 Å². The van der Waals surface area contributed by atoms with E-state index >= 15 is 0 Å². The molecule has 0 aliphatic carbocycles. The van der Waals surface area contributed by atoms with E-state index in [4.69, 9.17) is 16.3 Å². The first-order valence-electron chi connectivity index (χ1n) is 8.29. The molecule has 3 aromatic carbocycles. The Morgan fingerprint density at radius 3 is 2.58 bits per heavy atom. The third-order valence-corrected chi connectivity index (χ3v) is 4.39. The fraction of sp³-hybridized carbons (Fsp3) is 0.136. The van der Waals surface area contributed by atoms with Gasteiger partial charge in [-0.15, -0.1) is 0 Å². The van der Waals surface area contributed by atoms with Gasteiger partial charge in [-0.3, -0.25) is 4.99 Å². The monoisotopic (exact) mass is 367 g/mol. The third kappa shape index (κ3) is 4.70. The molecule has 3 rings (SSSR count). The van der Waals surface area contributed by atoms with Crippen LogP contribution in [0.4, 0.5) is 10.1 Å². The van der Waals surface area contributed by atoms with Crippen LogP contribution in [-0.2, 0) is 6.61 Å². The van der Waals surface area contributed by atoms with Gasteiger partial charge in [0.25, 0.3) is 0 Å². The number of benzene rings is 3. The van der Waals surface area contributed by atoms with Gasteiger partial charge in [-0.2, -0.15) is 0 Å². The second-order valence-corrected chi connectivity index (χ2v) is 6.54. The van der Waals surface area contributed by atoms with Crippen LogP contribution in [0.25, 0.3) is 0 Å². The summed E-state index contributed by atoms with van der Waals surface area (Å²) in [4.78, 5) is 4.49. The first kappa shape index (κ1) is 18.2. The summed E-state index contributed by atoms with van der Waals surface area (Å²) in [5.41, 5.74) is 4.98. The molecule has 26 heavy (non-hydrogen) atoms. The average Bonchev–Trinajstić information content (AvgIpc) is 2.62. The normalized spacial score (nSPS) is 11.1. The first-order chi connectivity index (χ1) is 12.5. The van der Waals surface area contributed by atoms with Crippen molar-refractivity contribution in [3.8, 4) is 5.75 Å². The van der Waals surface area contributed by atoms with Crippen LogP contribution < -0.4 is 4.74 Å².